The van der Waals surface area contributed by atoms with Crippen molar-refractivity contribution in [1.82, 2.24) is 14.8 Å². The second-order valence-electron chi connectivity index (χ2n) is 8.45. The zero-order valence-electron chi connectivity index (χ0n) is 17.1. The molecule has 0 unspecified atom stereocenters. The number of rotatable bonds is 5. The summed E-state index contributed by atoms with van der Waals surface area (Å²) in [5.41, 5.74) is 0.736. The summed E-state index contributed by atoms with van der Waals surface area (Å²) in [5.74, 6) is 0.0762. The molecule has 152 valence electrons. The van der Waals surface area contributed by atoms with Gasteiger partial charge in [-0.3, -0.25) is 4.79 Å². The number of piperidine rings is 1. The van der Waals surface area contributed by atoms with E-state index < -0.39 is 5.60 Å². The molecule has 6 nitrogen and oxygen atoms in total. The van der Waals surface area contributed by atoms with E-state index in [0.717, 1.165) is 13.0 Å². The van der Waals surface area contributed by atoms with Crippen molar-refractivity contribution in [3.05, 3.63) is 36.5 Å². The minimum atomic E-state index is -0.490. The number of hydrogen-bond acceptors (Lipinski definition) is 3. The maximum absolute atomic E-state index is 12.4. The first kappa shape index (κ1) is 20.2. The van der Waals surface area contributed by atoms with Gasteiger partial charge in [-0.05, 0) is 57.6 Å². The molecular formula is C22H31N3O3. The fourth-order valence-electron chi connectivity index (χ4n) is 3.59. The van der Waals surface area contributed by atoms with Crippen LogP contribution in [-0.4, -0.2) is 46.7 Å². The summed E-state index contributed by atoms with van der Waals surface area (Å²) in [4.78, 5) is 26.2. The van der Waals surface area contributed by atoms with Gasteiger partial charge in [-0.25, -0.2) is 4.79 Å². The number of aromatic nitrogens is 1. The largest absolute Gasteiger partial charge is 0.444 e. The number of para-hydroxylation sites is 1. The number of amides is 2. The molecule has 1 N–H and O–H groups in total. The summed E-state index contributed by atoms with van der Waals surface area (Å²) in [7, 11) is 0. The average molecular weight is 386 g/mol. The number of likely N-dealkylation sites (tertiary alicyclic amines) is 1. The lowest BCUT2D eigenvalue weighted by Crippen LogP contribution is -2.45. The molecule has 1 aliphatic rings. The van der Waals surface area contributed by atoms with Crippen LogP contribution in [0, 0.1) is 5.92 Å². The molecule has 1 aromatic carbocycles. The molecule has 0 saturated carbocycles. The van der Waals surface area contributed by atoms with E-state index in [1.807, 2.05) is 32.9 Å². The normalized spacial score (nSPS) is 15.6. The van der Waals surface area contributed by atoms with E-state index in [9.17, 15) is 9.59 Å². The predicted molar refractivity (Wildman–Crippen MR) is 110 cm³/mol. The summed E-state index contributed by atoms with van der Waals surface area (Å²) < 4.78 is 7.63. The van der Waals surface area contributed by atoms with E-state index in [4.69, 9.17) is 4.74 Å². The van der Waals surface area contributed by atoms with Crippen LogP contribution in [0.15, 0.2) is 36.5 Å². The Morgan fingerprint density at radius 1 is 1.14 bits per heavy atom. The highest BCUT2D eigenvalue weighted by molar-refractivity contribution is 5.80. The summed E-state index contributed by atoms with van der Waals surface area (Å²) in [6.07, 6.45) is 4.08. The SMILES string of the molecule is CC(C)(C)OC(=O)N1CCC(C(=O)NCCCn2ccc3ccccc32)CC1. The van der Waals surface area contributed by atoms with E-state index in [0.29, 0.717) is 32.5 Å². The van der Waals surface area contributed by atoms with Gasteiger partial charge in [-0.1, -0.05) is 18.2 Å². The summed E-state index contributed by atoms with van der Waals surface area (Å²) in [5, 5.41) is 4.30. The van der Waals surface area contributed by atoms with Gasteiger partial charge >= 0.3 is 6.09 Å². The number of aryl methyl sites for hydroxylation is 1. The van der Waals surface area contributed by atoms with Crippen molar-refractivity contribution in [3.8, 4) is 0 Å². The minimum absolute atomic E-state index is 0.0221. The molecule has 1 aromatic heterocycles. The van der Waals surface area contributed by atoms with Crippen molar-refractivity contribution in [2.75, 3.05) is 19.6 Å². The van der Waals surface area contributed by atoms with Crippen LogP contribution in [0.2, 0.25) is 0 Å². The Hall–Kier alpha value is -2.50. The van der Waals surface area contributed by atoms with Gasteiger partial charge in [-0.15, -0.1) is 0 Å². The summed E-state index contributed by atoms with van der Waals surface area (Å²) >= 11 is 0. The van der Waals surface area contributed by atoms with Crippen LogP contribution < -0.4 is 5.32 Å². The molecule has 2 aromatic rings. The minimum Gasteiger partial charge on any atom is -0.444 e. The molecule has 0 spiro atoms. The van der Waals surface area contributed by atoms with Crippen molar-refractivity contribution in [1.29, 1.82) is 0 Å². The quantitative estimate of drug-likeness (QED) is 0.797. The fourth-order valence-corrected chi connectivity index (χ4v) is 3.59. The number of hydrogen-bond donors (Lipinski definition) is 1. The topological polar surface area (TPSA) is 63.6 Å². The van der Waals surface area contributed by atoms with E-state index in [-0.39, 0.29) is 17.9 Å². The maximum atomic E-state index is 12.4. The molecule has 0 radical (unpaired) electrons. The second-order valence-corrected chi connectivity index (χ2v) is 8.45. The van der Waals surface area contributed by atoms with Crippen LogP contribution in [0.5, 0.6) is 0 Å². The van der Waals surface area contributed by atoms with Gasteiger partial charge in [0.05, 0.1) is 0 Å². The Morgan fingerprint density at radius 3 is 2.57 bits per heavy atom. The zero-order chi connectivity index (χ0) is 20.1. The molecule has 3 rings (SSSR count). The van der Waals surface area contributed by atoms with Crippen molar-refractivity contribution in [3.63, 3.8) is 0 Å². The van der Waals surface area contributed by atoms with Crippen LogP contribution in [0.3, 0.4) is 0 Å². The van der Waals surface area contributed by atoms with Crippen molar-refractivity contribution in [2.45, 2.75) is 52.2 Å². The lowest BCUT2D eigenvalue weighted by atomic mass is 9.96. The van der Waals surface area contributed by atoms with Crippen LogP contribution in [0.25, 0.3) is 10.9 Å². The number of nitrogens with zero attached hydrogens (tertiary/aromatic N) is 2. The molecule has 0 aliphatic carbocycles. The van der Waals surface area contributed by atoms with Gasteiger partial charge in [-0.2, -0.15) is 0 Å². The molecule has 1 saturated heterocycles. The van der Waals surface area contributed by atoms with Gasteiger partial charge in [0.1, 0.15) is 5.60 Å². The van der Waals surface area contributed by atoms with Crippen LogP contribution >= 0.6 is 0 Å². The highest BCUT2D eigenvalue weighted by Gasteiger charge is 2.29. The molecule has 2 heterocycles. The monoisotopic (exact) mass is 385 g/mol. The Kier molecular flexibility index (Phi) is 6.27. The molecule has 6 heteroatoms. The van der Waals surface area contributed by atoms with Crippen molar-refractivity contribution in [2.24, 2.45) is 5.92 Å². The van der Waals surface area contributed by atoms with Gasteiger partial charge in [0.15, 0.2) is 0 Å². The average Bonchev–Trinajstić information content (AvgIpc) is 3.07. The standard InChI is InChI=1S/C22H31N3O3/c1-22(2,3)28-21(27)25-15-10-18(11-16-25)20(26)23-12-6-13-24-14-9-17-7-4-5-8-19(17)24/h4-5,7-9,14,18H,6,10-13,15-16H2,1-3H3,(H,23,26). The summed E-state index contributed by atoms with van der Waals surface area (Å²) in [6.45, 7) is 8.28. The molecule has 28 heavy (non-hydrogen) atoms. The maximum Gasteiger partial charge on any atom is 0.410 e. The smallest absolute Gasteiger partial charge is 0.410 e. The Bertz CT molecular complexity index is 814. The number of nitrogens with one attached hydrogen (secondary N) is 1. The van der Waals surface area contributed by atoms with Gasteiger partial charge in [0, 0.05) is 43.8 Å². The lowest BCUT2D eigenvalue weighted by molar-refractivity contribution is -0.126. The highest BCUT2D eigenvalue weighted by atomic mass is 16.6. The van der Waals surface area contributed by atoms with E-state index >= 15 is 0 Å². The van der Waals surface area contributed by atoms with Gasteiger partial charge in [0.2, 0.25) is 5.91 Å². The third-order valence-corrected chi connectivity index (χ3v) is 5.07. The number of fused-ring (bicyclic) bond motifs is 1. The Morgan fingerprint density at radius 2 is 1.86 bits per heavy atom. The first-order valence-corrected chi connectivity index (χ1v) is 10.1. The number of carbonyl (C=O) groups excluding carboxylic acids is 2. The third-order valence-electron chi connectivity index (χ3n) is 5.07. The van der Waals surface area contributed by atoms with Crippen molar-refractivity contribution < 1.29 is 14.3 Å². The molecule has 1 fully saturated rings. The summed E-state index contributed by atoms with van der Waals surface area (Å²) in [6, 6.07) is 10.4. The Balaban J connectivity index is 1.37. The van der Waals surface area contributed by atoms with Gasteiger partial charge in [0.25, 0.3) is 0 Å². The predicted octanol–water partition coefficient (Wildman–Crippen LogP) is 3.79. The number of ether oxygens (including phenoxy) is 1. The highest BCUT2D eigenvalue weighted by Crippen LogP contribution is 2.20. The van der Waals surface area contributed by atoms with Gasteiger partial charge < -0.3 is 19.5 Å². The first-order chi connectivity index (χ1) is 13.3. The number of benzene rings is 1. The van der Waals surface area contributed by atoms with E-state index in [2.05, 4.69) is 34.3 Å². The van der Waals surface area contributed by atoms with E-state index in [1.165, 1.54) is 10.9 Å². The van der Waals surface area contributed by atoms with Crippen LogP contribution in [-0.2, 0) is 16.1 Å². The molecule has 0 atom stereocenters. The molecular weight excluding hydrogens is 354 g/mol. The Labute approximate surface area is 166 Å². The molecule has 0 bridgehead atoms. The van der Waals surface area contributed by atoms with Crippen molar-refractivity contribution >= 4 is 22.9 Å². The lowest BCUT2D eigenvalue weighted by Gasteiger charge is -2.32. The molecule has 1 aliphatic heterocycles. The zero-order valence-corrected chi connectivity index (χ0v) is 17.1. The molecule has 2 amide bonds. The number of carbonyl (C=O) groups is 2. The second kappa shape index (κ2) is 8.67. The van der Waals surface area contributed by atoms with E-state index in [1.54, 1.807) is 4.90 Å². The van der Waals surface area contributed by atoms with Crippen LogP contribution in [0.1, 0.15) is 40.0 Å². The third kappa shape index (κ3) is 5.27. The van der Waals surface area contributed by atoms with Crippen LogP contribution in [0.4, 0.5) is 4.79 Å². The first-order valence-electron chi connectivity index (χ1n) is 10.1. The fraction of sp³-hybridized carbons (Fsp3) is 0.545.